The molecule has 3 aromatic carbocycles. The van der Waals surface area contributed by atoms with E-state index in [2.05, 4.69) is 66.2 Å². The summed E-state index contributed by atoms with van der Waals surface area (Å²) in [5.74, 6) is 0.276. The highest BCUT2D eigenvalue weighted by atomic mass is 16.3. The molecule has 36 heavy (non-hydrogen) atoms. The van der Waals surface area contributed by atoms with Gasteiger partial charge < -0.3 is 10.2 Å². The summed E-state index contributed by atoms with van der Waals surface area (Å²) in [7, 11) is 1.00. The lowest BCUT2D eigenvalue weighted by Gasteiger charge is -2.15. The molecule has 0 radical (unpaired) electrons. The maximum atomic E-state index is 10.1. The summed E-state index contributed by atoms with van der Waals surface area (Å²) in [6, 6.07) is 26.4. The van der Waals surface area contributed by atoms with Crippen molar-refractivity contribution in [3.8, 4) is 16.9 Å². The van der Waals surface area contributed by atoms with E-state index in [9.17, 15) is 9.90 Å². The maximum Gasteiger partial charge on any atom is 0.145 e. The predicted molar refractivity (Wildman–Crippen MR) is 156 cm³/mol. The zero-order valence-electron chi connectivity index (χ0n) is 22.5. The lowest BCUT2D eigenvalue weighted by molar-refractivity contribution is -0.104. The number of aliphatic imine (C=N–C) groups is 1. The molecule has 0 saturated carbocycles. The summed E-state index contributed by atoms with van der Waals surface area (Å²) >= 11 is 0. The Morgan fingerprint density at radius 3 is 1.81 bits per heavy atom. The molecule has 0 fully saturated rings. The second-order valence-corrected chi connectivity index (χ2v) is 7.11. The molecular weight excluding hydrogens is 446 g/mol. The molecule has 0 saturated heterocycles. The Kier molecular flexibility index (Phi) is 17.5. The van der Waals surface area contributed by atoms with Gasteiger partial charge in [0.15, 0.2) is 0 Å². The highest BCUT2D eigenvalue weighted by Crippen LogP contribution is 2.28. The number of dihydropyridines is 1. The summed E-state index contributed by atoms with van der Waals surface area (Å²) in [5, 5.41) is 17.1. The fraction of sp³-hybridized carbons (Fsp3) is 0.250. The molecule has 1 heterocycles. The minimum atomic E-state index is 0.276. The number of aliphatic hydroxyl groups excluding tert-OH is 1. The van der Waals surface area contributed by atoms with Crippen LogP contribution >= 0.6 is 0 Å². The van der Waals surface area contributed by atoms with Gasteiger partial charge in [-0.15, -0.1) is 0 Å². The maximum absolute atomic E-state index is 10.1. The van der Waals surface area contributed by atoms with Crippen LogP contribution in [-0.4, -0.2) is 35.9 Å². The molecule has 0 unspecified atom stereocenters. The lowest BCUT2D eigenvalue weighted by Crippen LogP contribution is -2.06. The van der Waals surface area contributed by atoms with E-state index in [0.717, 1.165) is 37.6 Å². The predicted octanol–water partition coefficient (Wildman–Crippen LogP) is 7.76. The number of phenols is 1. The molecule has 1 aliphatic heterocycles. The first-order valence-electron chi connectivity index (χ1n) is 12.3. The van der Waals surface area contributed by atoms with E-state index in [0.29, 0.717) is 5.57 Å². The Hall–Kier alpha value is -3.76. The van der Waals surface area contributed by atoms with Gasteiger partial charge in [0.1, 0.15) is 12.0 Å². The first-order chi connectivity index (χ1) is 17.6. The van der Waals surface area contributed by atoms with E-state index in [1.165, 1.54) is 22.3 Å². The fourth-order valence-electron chi connectivity index (χ4n) is 3.17. The summed E-state index contributed by atoms with van der Waals surface area (Å²) < 4.78 is 0. The number of phenolic OH excluding ortho intramolecular Hbond substituents is 1. The molecule has 3 aromatic rings. The van der Waals surface area contributed by atoms with Gasteiger partial charge in [-0.3, -0.25) is 9.79 Å². The third-order valence-electron chi connectivity index (χ3n) is 4.72. The topological polar surface area (TPSA) is 69.9 Å². The molecule has 4 nitrogen and oxygen atoms in total. The highest BCUT2D eigenvalue weighted by molar-refractivity contribution is 6.14. The van der Waals surface area contributed by atoms with Gasteiger partial charge in [0.05, 0.1) is 5.71 Å². The minimum Gasteiger partial charge on any atom is -0.507 e. The van der Waals surface area contributed by atoms with Gasteiger partial charge in [-0.25, -0.2) is 0 Å². The summed E-state index contributed by atoms with van der Waals surface area (Å²) in [6.07, 6.45) is 3.73. The van der Waals surface area contributed by atoms with Crippen molar-refractivity contribution >= 4 is 17.6 Å². The van der Waals surface area contributed by atoms with E-state index in [-0.39, 0.29) is 5.75 Å². The number of benzene rings is 3. The molecule has 4 rings (SSSR count). The minimum absolute atomic E-state index is 0.276. The third kappa shape index (κ3) is 10.7. The molecule has 192 valence electrons. The van der Waals surface area contributed by atoms with Crippen LogP contribution in [0.3, 0.4) is 0 Å². The van der Waals surface area contributed by atoms with Gasteiger partial charge in [-0.05, 0) is 59.4 Å². The van der Waals surface area contributed by atoms with Crippen molar-refractivity contribution in [2.24, 2.45) is 4.99 Å². The Morgan fingerprint density at radius 2 is 1.28 bits per heavy atom. The van der Waals surface area contributed by atoms with Crippen LogP contribution in [0.4, 0.5) is 0 Å². The van der Waals surface area contributed by atoms with Gasteiger partial charge in [0, 0.05) is 19.2 Å². The van der Waals surface area contributed by atoms with Crippen molar-refractivity contribution in [2.45, 2.75) is 41.0 Å². The number of aldehydes is 1. The number of nitrogens with zero attached hydrogens (tertiary/aromatic N) is 1. The van der Waals surface area contributed by atoms with E-state index in [1.54, 1.807) is 13.0 Å². The van der Waals surface area contributed by atoms with Crippen molar-refractivity contribution in [1.29, 1.82) is 0 Å². The van der Waals surface area contributed by atoms with Gasteiger partial charge in [0.25, 0.3) is 0 Å². The standard InChI is InChI=1S/C23H19NO.C4H6O.2C2H6.CH4O/c25-23-9-5-4-8-21(23)22-16-20(14-15-24-22)19-12-10-18(11-13-19)17-6-2-1-3-7-17;1-4(2)3-5;3*1-2/h1-13,16,25H,14-15H2;3H,1H2,2H3;2*1-2H3;2H,1H3. The van der Waals surface area contributed by atoms with Crippen LogP contribution in [0, 0.1) is 0 Å². The quantitative estimate of drug-likeness (QED) is 0.292. The number of hydrogen-bond acceptors (Lipinski definition) is 4. The van der Waals surface area contributed by atoms with Crippen LogP contribution in [0.2, 0.25) is 0 Å². The monoisotopic (exact) mass is 487 g/mol. The molecule has 4 heteroatoms. The molecule has 0 aromatic heterocycles. The van der Waals surface area contributed by atoms with Crippen molar-refractivity contribution in [3.05, 3.63) is 108 Å². The van der Waals surface area contributed by atoms with Crippen LogP contribution in [0.15, 0.2) is 102 Å². The fourth-order valence-corrected chi connectivity index (χ4v) is 3.17. The Balaban J connectivity index is 0.000000967. The van der Waals surface area contributed by atoms with Crippen LogP contribution in [0.1, 0.15) is 52.2 Å². The number of aliphatic hydroxyl groups is 1. The average molecular weight is 488 g/mol. The largest absolute Gasteiger partial charge is 0.507 e. The Morgan fingerprint density at radius 1 is 0.806 bits per heavy atom. The second kappa shape index (κ2) is 19.5. The smallest absolute Gasteiger partial charge is 0.145 e. The van der Waals surface area contributed by atoms with Gasteiger partial charge in [-0.2, -0.15) is 0 Å². The second-order valence-electron chi connectivity index (χ2n) is 7.11. The Labute approximate surface area is 217 Å². The first-order valence-corrected chi connectivity index (χ1v) is 12.3. The van der Waals surface area contributed by atoms with Crippen molar-refractivity contribution < 1.29 is 15.0 Å². The average Bonchev–Trinajstić information content (AvgIpc) is 2.97. The number of carbonyl (C=O) groups is 1. The number of allylic oxidation sites excluding steroid dienone is 2. The number of rotatable bonds is 4. The van der Waals surface area contributed by atoms with E-state index in [4.69, 9.17) is 5.11 Å². The number of carbonyl (C=O) groups excluding carboxylic acids is 1. The summed E-state index contributed by atoms with van der Waals surface area (Å²) in [5.41, 5.74) is 7.13. The van der Waals surface area contributed by atoms with Crippen LogP contribution < -0.4 is 0 Å². The zero-order chi connectivity index (χ0) is 27.3. The molecular formula is C32H41NO3. The van der Waals surface area contributed by atoms with E-state index >= 15 is 0 Å². The SMILES string of the molecule is C=C(C)C=O.CC.CC.CO.Oc1ccccc1C1=NCCC(c2ccc(-c3ccccc3)cc2)=C1. The highest BCUT2D eigenvalue weighted by Gasteiger charge is 2.13. The summed E-state index contributed by atoms with van der Waals surface area (Å²) in [4.78, 5) is 14.0. The van der Waals surface area contributed by atoms with E-state index < -0.39 is 0 Å². The Bertz CT molecular complexity index is 1080. The molecule has 2 N–H and O–H groups in total. The van der Waals surface area contributed by atoms with Crippen LogP contribution in [0.5, 0.6) is 5.75 Å². The normalized spacial score (nSPS) is 11.1. The van der Waals surface area contributed by atoms with Crippen LogP contribution in [-0.2, 0) is 4.79 Å². The molecule has 0 atom stereocenters. The summed E-state index contributed by atoms with van der Waals surface area (Å²) in [6.45, 7) is 13.7. The number of para-hydroxylation sites is 1. The molecule has 0 amide bonds. The van der Waals surface area contributed by atoms with Crippen molar-refractivity contribution in [1.82, 2.24) is 0 Å². The van der Waals surface area contributed by atoms with Crippen molar-refractivity contribution in [3.63, 3.8) is 0 Å². The van der Waals surface area contributed by atoms with Crippen molar-refractivity contribution in [2.75, 3.05) is 13.7 Å². The number of hydrogen-bond donors (Lipinski definition) is 2. The van der Waals surface area contributed by atoms with Gasteiger partial charge in [0.2, 0.25) is 0 Å². The first kappa shape index (κ1) is 32.2. The molecule has 0 spiro atoms. The van der Waals surface area contributed by atoms with Gasteiger partial charge >= 0.3 is 0 Å². The lowest BCUT2D eigenvalue weighted by atomic mass is 9.94. The third-order valence-corrected chi connectivity index (χ3v) is 4.72. The molecule has 0 bridgehead atoms. The van der Waals surface area contributed by atoms with Crippen LogP contribution in [0.25, 0.3) is 16.7 Å². The van der Waals surface area contributed by atoms with Gasteiger partial charge in [-0.1, -0.05) is 101 Å². The van der Waals surface area contributed by atoms with E-state index in [1.807, 2.05) is 52.0 Å². The molecule has 1 aliphatic rings. The molecule has 0 aliphatic carbocycles. The number of aromatic hydroxyl groups is 1. The zero-order valence-corrected chi connectivity index (χ0v) is 22.5.